The van der Waals surface area contributed by atoms with Gasteiger partial charge in [-0.1, -0.05) is 41.5 Å². The SMILES string of the molecule is COC(=O)/C(=N/N=C1N=N/C(=N\N=C(\C(=O)OC)C(C)(C)C)S/1)C(C)(C)C. The van der Waals surface area contributed by atoms with Crippen molar-refractivity contribution in [3.63, 3.8) is 0 Å². The number of rotatable bonds is 4. The van der Waals surface area contributed by atoms with Crippen LogP contribution in [0.4, 0.5) is 0 Å². The normalized spacial score (nSPS) is 19.0. The van der Waals surface area contributed by atoms with Gasteiger partial charge in [0.15, 0.2) is 11.4 Å². The lowest BCUT2D eigenvalue weighted by molar-refractivity contribution is -0.134. The van der Waals surface area contributed by atoms with Crippen LogP contribution in [0.1, 0.15) is 41.5 Å². The van der Waals surface area contributed by atoms with E-state index < -0.39 is 22.8 Å². The molecule has 148 valence electrons. The third-order valence-corrected chi connectivity index (χ3v) is 3.74. The van der Waals surface area contributed by atoms with Gasteiger partial charge in [-0.15, -0.1) is 30.6 Å². The Balaban J connectivity index is 3.05. The second-order valence-corrected chi connectivity index (χ2v) is 8.38. The second-order valence-electron chi connectivity index (χ2n) is 7.45. The lowest BCUT2D eigenvalue weighted by atomic mass is 9.90. The number of hydrogen-bond donors (Lipinski definition) is 0. The van der Waals surface area contributed by atoms with Crippen LogP contribution in [0.25, 0.3) is 0 Å². The van der Waals surface area contributed by atoms with Crippen LogP contribution in [0, 0.1) is 10.8 Å². The molecule has 0 aromatic carbocycles. The standard InChI is InChI=1S/C16H24N6O4S/c1-15(2,3)9(11(23)25-7)17-19-13-21-22-14(27-13)20-18-10(12(24)26-8)16(4,5)6/h1-8H3/b17-9-,18-10-,19-13-,20-14+. The lowest BCUT2D eigenvalue weighted by Gasteiger charge is -2.17. The van der Waals surface area contributed by atoms with Crippen molar-refractivity contribution in [2.45, 2.75) is 41.5 Å². The number of nitrogens with zero attached hydrogens (tertiary/aromatic N) is 6. The summed E-state index contributed by atoms with van der Waals surface area (Å²) >= 11 is 1.00. The molecule has 27 heavy (non-hydrogen) atoms. The van der Waals surface area contributed by atoms with Gasteiger partial charge in [0.25, 0.3) is 0 Å². The molecule has 0 aromatic heterocycles. The first-order valence-electron chi connectivity index (χ1n) is 7.98. The molecule has 11 heteroatoms. The molecular weight excluding hydrogens is 372 g/mol. The second kappa shape index (κ2) is 8.98. The van der Waals surface area contributed by atoms with Crippen molar-refractivity contribution >= 4 is 45.5 Å². The summed E-state index contributed by atoms with van der Waals surface area (Å²) in [5.74, 6) is -1.14. The quantitative estimate of drug-likeness (QED) is 0.410. The predicted molar refractivity (Wildman–Crippen MR) is 105 cm³/mol. The first kappa shape index (κ1) is 22.6. The fourth-order valence-corrected chi connectivity index (χ4v) is 2.15. The number of carbonyl (C=O) groups is 2. The van der Waals surface area contributed by atoms with Gasteiger partial charge >= 0.3 is 11.9 Å². The number of carbonyl (C=O) groups excluding carboxylic acids is 2. The van der Waals surface area contributed by atoms with Gasteiger partial charge in [-0.05, 0) is 11.8 Å². The Labute approximate surface area is 162 Å². The third kappa shape index (κ3) is 6.66. The molecule has 0 aliphatic carbocycles. The number of amidine groups is 2. The lowest BCUT2D eigenvalue weighted by Crippen LogP contribution is -2.29. The van der Waals surface area contributed by atoms with Gasteiger partial charge in [-0.3, -0.25) is 0 Å². The fraction of sp³-hybridized carbons (Fsp3) is 0.625. The van der Waals surface area contributed by atoms with Gasteiger partial charge in [0, 0.05) is 10.8 Å². The van der Waals surface area contributed by atoms with E-state index in [1.54, 1.807) is 0 Å². The molecule has 1 aliphatic heterocycles. The summed E-state index contributed by atoms with van der Waals surface area (Å²) in [6.07, 6.45) is 0. The van der Waals surface area contributed by atoms with E-state index in [0.29, 0.717) is 0 Å². The molecule has 0 saturated heterocycles. The monoisotopic (exact) mass is 396 g/mol. The number of thioether (sulfide) groups is 1. The number of azo groups is 1. The number of esters is 2. The number of ether oxygens (including phenoxy) is 2. The van der Waals surface area contributed by atoms with Crippen LogP contribution in [0.2, 0.25) is 0 Å². The minimum Gasteiger partial charge on any atom is -0.464 e. The third-order valence-electron chi connectivity index (χ3n) is 3.05. The molecular formula is C16H24N6O4S. The molecule has 0 unspecified atom stereocenters. The highest BCUT2D eigenvalue weighted by Gasteiger charge is 2.28. The van der Waals surface area contributed by atoms with Gasteiger partial charge in [0.1, 0.15) is 0 Å². The average Bonchev–Trinajstić information content (AvgIpc) is 2.99. The fourth-order valence-electron chi connectivity index (χ4n) is 1.66. The van der Waals surface area contributed by atoms with Crippen molar-refractivity contribution in [2.24, 2.45) is 41.5 Å². The molecule has 0 aromatic rings. The predicted octanol–water partition coefficient (Wildman–Crippen LogP) is 3.05. The minimum atomic E-state index is -0.571. The van der Waals surface area contributed by atoms with Crippen LogP contribution in [-0.2, 0) is 19.1 Å². The van der Waals surface area contributed by atoms with Crippen molar-refractivity contribution in [1.82, 2.24) is 0 Å². The highest BCUT2D eigenvalue weighted by molar-refractivity contribution is 8.26. The Morgan fingerprint density at radius 2 is 1.11 bits per heavy atom. The van der Waals surface area contributed by atoms with Crippen LogP contribution in [0.5, 0.6) is 0 Å². The summed E-state index contributed by atoms with van der Waals surface area (Å²) in [4.78, 5) is 23.6. The van der Waals surface area contributed by atoms with E-state index in [1.807, 2.05) is 41.5 Å². The maximum atomic E-state index is 11.8. The van der Waals surface area contributed by atoms with E-state index in [9.17, 15) is 9.59 Å². The molecule has 1 aliphatic rings. The molecule has 1 rings (SSSR count). The van der Waals surface area contributed by atoms with E-state index >= 15 is 0 Å². The van der Waals surface area contributed by atoms with E-state index in [2.05, 4.69) is 30.6 Å². The highest BCUT2D eigenvalue weighted by Crippen LogP contribution is 2.22. The summed E-state index contributed by atoms with van der Waals surface area (Å²) in [5.41, 5.74) is -0.809. The maximum absolute atomic E-state index is 11.8. The maximum Gasteiger partial charge on any atom is 0.354 e. The van der Waals surface area contributed by atoms with E-state index in [1.165, 1.54) is 14.2 Å². The van der Waals surface area contributed by atoms with Gasteiger partial charge in [0.2, 0.25) is 10.3 Å². The van der Waals surface area contributed by atoms with Crippen molar-refractivity contribution in [1.29, 1.82) is 0 Å². The Bertz CT molecular complexity index is 692. The first-order valence-corrected chi connectivity index (χ1v) is 8.80. The van der Waals surface area contributed by atoms with Gasteiger partial charge in [-0.25, -0.2) is 9.59 Å². The zero-order chi connectivity index (χ0) is 20.8. The molecule has 0 radical (unpaired) electrons. The van der Waals surface area contributed by atoms with E-state index in [-0.39, 0.29) is 21.8 Å². The smallest absolute Gasteiger partial charge is 0.354 e. The van der Waals surface area contributed by atoms with Gasteiger partial charge < -0.3 is 9.47 Å². The van der Waals surface area contributed by atoms with Crippen molar-refractivity contribution in [3.8, 4) is 0 Å². The van der Waals surface area contributed by atoms with Gasteiger partial charge in [-0.2, -0.15) is 0 Å². The Hall–Kier alpha value is -2.43. The molecule has 10 nitrogen and oxygen atoms in total. The minimum absolute atomic E-state index is 0.150. The number of hydrogen-bond acceptors (Lipinski definition) is 9. The van der Waals surface area contributed by atoms with Crippen molar-refractivity contribution in [3.05, 3.63) is 0 Å². The number of methoxy groups -OCH3 is 2. The van der Waals surface area contributed by atoms with Crippen LogP contribution >= 0.6 is 11.8 Å². The molecule has 0 N–H and O–H groups in total. The molecule has 0 amide bonds. The van der Waals surface area contributed by atoms with Gasteiger partial charge in [0.05, 0.1) is 14.2 Å². The molecule has 0 spiro atoms. The Morgan fingerprint density at radius 3 is 1.37 bits per heavy atom. The van der Waals surface area contributed by atoms with Crippen LogP contribution in [0.3, 0.4) is 0 Å². The van der Waals surface area contributed by atoms with E-state index in [4.69, 9.17) is 9.47 Å². The Kier molecular flexibility index (Phi) is 7.52. The van der Waals surface area contributed by atoms with Crippen molar-refractivity contribution in [2.75, 3.05) is 14.2 Å². The molecule has 0 bridgehead atoms. The van der Waals surface area contributed by atoms with Crippen molar-refractivity contribution < 1.29 is 19.1 Å². The van der Waals surface area contributed by atoms with Crippen LogP contribution in [0.15, 0.2) is 30.6 Å². The molecule has 0 fully saturated rings. The van der Waals surface area contributed by atoms with Crippen LogP contribution in [-0.4, -0.2) is 47.9 Å². The summed E-state index contributed by atoms with van der Waals surface area (Å²) in [5, 5.41) is 23.8. The summed E-state index contributed by atoms with van der Waals surface area (Å²) in [7, 11) is 2.55. The molecule has 1 heterocycles. The highest BCUT2D eigenvalue weighted by atomic mass is 32.2. The zero-order valence-corrected chi connectivity index (χ0v) is 17.5. The topological polar surface area (TPSA) is 127 Å². The molecule has 0 saturated carbocycles. The summed E-state index contributed by atoms with van der Waals surface area (Å²) < 4.78 is 9.44. The summed E-state index contributed by atoms with van der Waals surface area (Å²) in [6, 6.07) is 0. The largest absolute Gasteiger partial charge is 0.464 e. The first-order chi connectivity index (χ1) is 12.4. The van der Waals surface area contributed by atoms with Crippen LogP contribution < -0.4 is 0 Å². The zero-order valence-electron chi connectivity index (χ0n) is 16.7. The average molecular weight is 396 g/mol. The van der Waals surface area contributed by atoms with E-state index in [0.717, 1.165) is 11.8 Å². The Morgan fingerprint density at radius 1 is 0.778 bits per heavy atom. The summed E-state index contributed by atoms with van der Waals surface area (Å²) in [6.45, 7) is 10.9. The molecule has 0 atom stereocenters.